The van der Waals surface area contributed by atoms with Crippen molar-refractivity contribution in [2.45, 2.75) is 38.7 Å². The average molecular weight is 341 g/mol. The molecule has 0 saturated carbocycles. The fraction of sp³-hybridized carbons (Fsp3) is 0.533. The molecule has 2 aromatic rings. The van der Waals surface area contributed by atoms with Gasteiger partial charge in [0.25, 0.3) is 0 Å². The van der Waals surface area contributed by atoms with Gasteiger partial charge < -0.3 is 5.11 Å². The van der Waals surface area contributed by atoms with Crippen LogP contribution in [0.25, 0.3) is 11.0 Å². The van der Waals surface area contributed by atoms with Gasteiger partial charge in [-0.25, -0.2) is 4.79 Å². The van der Waals surface area contributed by atoms with Crippen LogP contribution in [0.3, 0.4) is 0 Å². The van der Waals surface area contributed by atoms with E-state index in [1.807, 2.05) is 12.1 Å². The number of halogens is 1. The highest BCUT2D eigenvalue weighted by atomic mass is 79.9. The molecule has 0 aliphatic heterocycles. The minimum Gasteiger partial charge on any atom is -0.388 e. The number of fused-ring (bicyclic) bond motifs is 1. The van der Waals surface area contributed by atoms with Crippen molar-refractivity contribution in [2.24, 2.45) is 14.1 Å². The SMILES string of the molecule is CCCCCC(O)c1cc2c(cc1Br)n(C)c(=O)n2C. The Hall–Kier alpha value is -1.07. The number of rotatable bonds is 5. The van der Waals surface area contributed by atoms with Gasteiger partial charge in [0, 0.05) is 18.6 Å². The van der Waals surface area contributed by atoms with Crippen LogP contribution in [0, 0.1) is 0 Å². The Morgan fingerprint density at radius 3 is 2.40 bits per heavy atom. The van der Waals surface area contributed by atoms with Crippen LogP contribution in [0.15, 0.2) is 21.4 Å². The van der Waals surface area contributed by atoms with Crippen molar-refractivity contribution in [2.75, 3.05) is 0 Å². The first-order chi connectivity index (χ1) is 9.47. The molecule has 1 unspecified atom stereocenters. The summed E-state index contributed by atoms with van der Waals surface area (Å²) in [6, 6.07) is 3.83. The summed E-state index contributed by atoms with van der Waals surface area (Å²) in [5, 5.41) is 10.3. The van der Waals surface area contributed by atoms with Gasteiger partial charge >= 0.3 is 5.69 Å². The Labute approximate surface area is 127 Å². The molecule has 0 saturated heterocycles. The number of nitrogens with zero attached hydrogens (tertiary/aromatic N) is 2. The second-order valence-corrected chi connectivity index (χ2v) is 6.13. The Morgan fingerprint density at radius 2 is 1.80 bits per heavy atom. The van der Waals surface area contributed by atoms with E-state index in [2.05, 4.69) is 22.9 Å². The standard InChI is InChI=1S/C15H21BrN2O2/c1-4-5-6-7-14(19)10-8-12-13(9-11(10)16)18(3)15(20)17(12)2/h8-9,14,19H,4-7H2,1-3H3. The van der Waals surface area contributed by atoms with Crippen molar-refractivity contribution in [3.63, 3.8) is 0 Å². The van der Waals surface area contributed by atoms with Crippen LogP contribution in [0.5, 0.6) is 0 Å². The predicted octanol–water partition coefficient (Wildman–Crippen LogP) is 3.25. The Morgan fingerprint density at radius 1 is 1.20 bits per heavy atom. The molecule has 0 aliphatic rings. The van der Waals surface area contributed by atoms with Crippen LogP contribution >= 0.6 is 15.9 Å². The molecule has 5 heteroatoms. The lowest BCUT2D eigenvalue weighted by Gasteiger charge is -2.13. The second-order valence-electron chi connectivity index (χ2n) is 5.27. The molecule has 1 atom stereocenters. The maximum Gasteiger partial charge on any atom is 0.328 e. The summed E-state index contributed by atoms with van der Waals surface area (Å²) in [6.07, 6.45) is 3.53. The maximum absolute atomic E-state index is 11.9. The summed E-state index contributed by atoms with van der Waals surface area (Å²) in [5.74, 6) is 0. The lowest BCUT2D eigenvalue weighted by Crippen LogP contribution is -2.19. The molecule has 4 nitrogen and oxygen atoms in total. The highest BCUT2D eigenvalue weighted by Crippen LogP contribution is 2.30. The molecule has 1 N–H and O–H groups in total. The molecule has 2 rings (SSSR count). The van der Waals surface area contributed by atoms with Crippen LogP contribution in [0.1, 0.15) is 44.3 Å². The van der Waals surface area contributed by atoms with E-state index >= 15 is 0 Å². The Kier molecular flexibility index (Phi) is 4.70. The fourth-order valence-corrected chi connectivity index (χ4v) is 3.13. The molecule has 0 radical (unpaired) electrons. The number of benzene rings is 1. The van der Waals surface area contributed by atoms with Crippen molar-refractivity contribution in [3.8, 4) is 0 Å². The highest BCUT2D eigenvalue weighted by Gasteiger charge is 2.16. The zero-order valence-corrected chi connectivity index (χ0v) is 13.8. The first-order valence-corrected chi connectivity index (χ1v) is 7.79. The van der Waals surface area contributed by atoms with Crippen LogP contribution in [0.2, 0.25) is 0 Å². The van der Waals surface area contributed by atoms with E-state index in [0.29, 0.717) is 0 Å². The molecule has 1 heterocycles. The largest absolute Gasteiger partial charge is 0.388 e. The molecule has 0 spiro atoms. The van der Waals surface area contributed by atoms with Crippen LogP contribution in [-0.4, -0.2) is 14.2 Å². The van der Waals surface area contributed by atoms with Gasteiger partial charge in [-0.2, -0.15) is 0 Å². The molecular weight excluding hydrogens is 320 g/mol. The molecule has 0 amide bonds. The van der Waals surface area contributed by atoms with E-state index in [0.717, 1.165) is 46.8 Å². The summed E-state index contributed by atoms with van der Waals surface area (Å²) in [6.45, 7) is 2.15. The van der Waals surface area contributed by atoms with Gasteiger partial charge in [-0.15, -0.1) is 0 Å². The first-order valence-electron chi connectivity index (χ1n) is 7.00. The molecule has 0 aliphatic carbocycles. The monoisotopic (exact) mass is 340 g/mol. The minimum absolute atomic E-state index is 0.0514. The third kappa shape index (κ3) is 2.69. The van der Waals surface area contributed by atoms with Crippen molar-refractivity contribution >= 4 is 27.0 Å². The number of unbranched alkanes of at least 4 members (excludes halogenated alkanes) is 2. The quantitative estimate of drug-likeness (QED) is 0.849. The van der Waals surface area contributed by atoms with Gasteiger partial charge in [-0.05, 0) is 24.1 Å². The van der Waals surface area contributed by atoms with Gasteiger partial charge in [0.05, 0.1) is 17.1 Å². The van der Waals surface area contributed by atoms with Gasteiger partial charge in [0.15, 0.2) is 0 Å². The molecule has 20 heavy (non-hydrogen) atoms. The number of aliphatic hydroxyl groups is 1. The lowest BCUT2D eigenvalue weighted by atomic mass is 10.0. The van der Waals surface area contributed by atoms with Gasteiger partial charge in [0.1, 0.15) is 0 Å². The molecular formula is C15H21BrN2O2. The number of imidazole rings is 1. The van der Waals surface area contributed by atoms with Crippen LogP contribution < -0.4 is 5.69 Å². The van der Waals surface area contributed by atoms with E-state index in [1.165, 1.54) is 0 Å². The van der Waals surface area contributed by atoms with Crippen molar-refractivity contribution in [3.05, 3.63) is 32.7 Å². The number of aliphatic hydroxyl groups excluding tert-OH is 1. The van der Waals surface area contributed by atoms with Gasteiger partial charge in [0.2, 0.25) is 0 Å². The van der Waals surface area contributed by atoms with E-state index in [-0.39, 0.29) is 5.69 Å². The summed E-state index contributed by atoms with van der Waals surface area (Å²) < 4.78 is 4.09. The molecule has 1 aromatic heterocycles. The minimum atomic E-state index is -0.490. The smallest absolute Gasteiger partial charge is 0.328 e. The molecule has 110 valence electrons. The van der Waals surface area contributed by atoms with Crippen molar-refractivity contribution < 1.29 is 5.11 Å². The third-order valence-electron chi connectivity index (χ3n) is 3.83. The number of aryl methyl sites for hydroxylation is 2. The number of aromatic nitrogens is 2. The molecule has 1 aromatic carbocycles. The van der Waals surface area contributed by atoms with E-state index in [4.69, 9.17) is 0 Å². The fourth-order valence-electron chi connectivity index (χ4n) is 2.53. The van der Waals surface area contributed by atoms with E-state index in [1.54, 1.807) is 23.2 Å². The van der Waals surface area contributed by atoms with Gasteiger partial charge in [-0.3, -0.25) is 9.13 Å². The van der Waals surface area contributed by atoms with Crippen LogP contribution in [0.4, 0.5) is 0 Å². The maximum atomic E-state index is 11.9. The van der Waals surface area contributed by atoms with Gasteiger partial charge in [-0.1, -0.05) is 42.1 Å². The van der Waals surface area contributed by atoms with Crippen molar-refractivity contribution in [1.29, 1.82) is 0 Å². The predicted molar refractivity (Wildman–Crippen MR) is 85.0 cm³/mol. The summed E-state index contributed by atoms with van der Waals surface area (Å²) in [4.78, 5) is 11.9. The summed E-state index contributed by atoms with van der Waals surface area (Å²) >= 11 is 3.51. The average Bonchev–Trinajstić information content (AvgIpc) is 2.63. The van der Waals surface area contributed by atoms with Crippen molar-refractivity contribution in [1.82, 2.24) is 9.13 Å². The normalized spacial score (nSPS) is 13.1. The lowest BCUT2D eigenvalue weighted by molar-refractivity contribution is 0.163. The zero-order valence-electron chi connectivity index (χ0n) is 12.2. The number of hydrogen-bond acceptors (Lipinski definition) is 2. The summed E-state index contributed by atoms with van der Waals surface area (Å²) in [5.41, 5.74) is 2.53. The van der Waals surface area contributed by atoms with E-state index in [9.17, 15) is 9.90 Å². The van der Waals surface area contributed by atoms with E-state index < -0.39 is 6.10 Å². The third-order valence-corrected chi connectivity index (χ3v) is 4.52. The topological polar surface area (TPSA) is 47.2 Å². The first kappa shape index (κ1) is 15.3. The molecule has 0 fully saturated rings. The van der Waals surface area contributed by atoms with Crippen LogP contribution in [-0.2, 0) is 14.1 Å². The second kappa shape index (κ2) is 6.14. The highest BCUT2D eigenvalue weighted by molar-refractivity contribution is 9.10. The Bertz CT molecular complexity index is 673. The molecule has 0 bridgehead atoms. The Balaban J connectivity index is 2.42. The summed E-state index contributed by atoms with van der Waals surface area (Å²) in [7, 11) is 3.51. The number of hydrogen-bond donors (Lipinski definition) is 1. The zero-order chi connectivity index (χ0) is 14.9.